The van der Waals surface area contributed by atoms with E-state index in [1.807, 2.05) is 0 Å². The van der Waals surface area contributed by atoms with Crippen molar-refractivity contribution in [2.75, 3.05) is 52.9 Å². The maximum absolute atomic E-state index is 12.5. The second kappa shape index (κ2) is 10.9. The molecule has 2 heterocycles. The minimum absolute atomic E-state index is 0.301. The average Bonchev–Trinajstić information content (AvgIpc) is 3.37. The number of aromatic nitrogens is 1. The van der Waals surface area contributed by atoms with Gasteiger partial charge < -0.3 is 15.5 Å². The molecule has 1 aliphatic heterocycles. The standard InChI is InChI=1S/C21H36N6OS/c1-16-17(2)29-19(25-16)8-9-23-21(22-3)24-10-11-26-12-14-27(15-13-26)20(28)18-6-4-5-7-18/h18H,4-15H2,1-3H3,(H2,22,23,24). The quantitative estimate of drug-likeness (QED) is 0.520. The Morgan fingerprint density at radius 2 is 1.83 bits per heavy atom. The summed E-state index contributed by atoms with van der Waals surface area (Å²) in [6, 6.07) is 0. The molecule has 1 aromatic heterocycles. The van der Waals surface area contributed by atoms with Crippen LogP contribution >= 0.6 is 11.3 Å². The molecule has 7 nitrogen and oxygen atoms in total. The van der Waals surface area contributed by atoms with Gasteiger partial charge in [-0.25, -0.2) is 4.98 Å². The zero-order valence-electron chi connectivity index (χ0n) is 18.2. The van der Waals surface area contributed by atoms with Crippen molar-refractivity contribution >= 4 is 23.2 Å². The van der Waals surface area contributed by atoms with E-state index in [1.165, 1.54) is 22.7 Å². The molecule has 8 heteroatoms. The molecule has 0 radical (unpaired) electrons. The van der Waals surface area contributed by atoms with Crippen LogP contribution in [0.3, 0.4) is 0 Å². The molecule has 1 saturated carbocycles. The van der Waals surface area contributed by atoms with E-state index in [-0.39, 0.29) is 0 Å². The van der Waals surface area contributed by atoms with Crippen LogP contribution in [0, 0.1) is 19.8 Å². The molecular formula is C21H36N6OS. The van der Waals surface area contributed by atoms with Crippen LogP contribution in [0.5, 0.6) is 0 Å². The maximum Gasteiger partial charge on any atom is 0.225 e. The van der Waals surface area contributed by atoms with E-state index in [1.54, 1.807) is 18.4 Å². The van der Waals surface area contributed by atoms with Crippen molar-refractivity contribution < 1.29 is 4.79 Å². The van der Waals surface area contributed by atoms with Crippen molar-refractivity contribution in [3.63, 3.8) is 0 Å². The van der Waals surface area contributed by atoms with E-state index in [9.17, 15) is 4.79 Å². The average molecular weight is 421 g/mol. The maximum atomic E-state index is 12.5. The zero-order chi connectivity index (χ0) is 20.6. The van der Waals surface area contributed by atoms with Crippen molar-refractivity contribution in [1.29, 1.82) is 0 Å². The van der Waals surface area contributed by atoms with Gasteiger partial charge in [0.2, 0.25) is 5.91 Å². The highest BCUT2D eigenvalue weighted by molar-refractivity contribution is 7.11. The van der Waals surface area contributed by atoms with Crippen LogP contribution in [0.2, 0.25) is 0 Å². The summed E-state index contributed by atoms with van der Waals surface area (Å²) in [5.74, 6) is 1.54. The largest absolute Gasteiger partial charge is 0.356 e. The van der Waals surface area contributed by atoms with E-state index < -0.39 is 0 Å². The van der Waals surface area contributed by atoms with Crippen LogP contribution in [-0.2, 0) is 11.2 Å². The minimum atomic E-state index is 0.301. The lowest BCUT2D eigenvalue weighted by atomic mass is 10.1. The second-order valence-corrected chi connectivity index (χ2v) is 9.36. The first-order valence-corrected chi connectivity index (χ1v) is 11.8. The molecule has 1 aromatic rings. The Balaban J connectivity index is 1.29. The van der Waals surface area contributed by atoms with Crippen LogP contribution in [0.15, 0.2) is 4.99 Å². The highest BCUT2D eigenvalue weighted by Gasteiger charge is 2.29. The van der Waals surface area contributed by atoms with Crippen LogP contribution in [0.1, 0.15) is 41.3 Å². The summed E-state index contributed by atoms with van der Waals surface area (Å²) >= 11 is 1.77. The number of aliphatic imine (C=N–C) groups is 1. The first-order valence-electron chi connectivity index (χ1n) is 11.0. The summed E-state index contributed by atoms with van der Waals surface area (Å²) in [6.07, 6.45) is 5.55. The number of thiazole rings is 1. The predicted octanol–water partition coefficient (Wildman–Crippen LogP) is 1.80. The fourth-order valence-electron chi connectivity index (χ4n) is 4.11. The van der Waals surface area contributed by atoms with Gasteiger partial charge in [0.15, 0.2) is 5.96 Å². The first kappa shape index (κ1) is 22.0. The number of rotatable bonds is 7. The number of guanidine groups is 1. The predicted molar refractivity (Wildman–Crippen MR) is 120 cm³/mol. The molecule has 2 fully saturated rings. The first-order chi connectivity index (χ1) is 14.1. The number of nitrogens with one attached hydrogen (secondary N) is 2. The normalized spacial score (nSPS) is 19.0. The molecule has 3 rings (SSSR count). The Morgan fingerprint density at radius 3 is 2.45 bits per heavy atom. The number of carbonyl (C=O) groups is 1. The van der Waals surface area contributed by atoms with Crippen LogP contribution in [-0.4, -0.2) is 79.5 Å². The lowest BCUT2D eigenvalue weighted by Gasteiger charge is -2.36. The zero-order valence-corrected chi connectivity index (χ0v) is 19.0. The monoisotopic (exact) mass is 420 g/mol. The summed E-state index contributed by atoms with van der Waals surface area (Å²) in [6.45, 7) is 10.5. The molecule has 29 heavy (non-hydrogen) atoms. The van der Waals surface area contributed by atoms with Crippen molar-refractivity contribution in [2.24, 2.45) is 10.9 Å². The molecular weight excluding hydrogens is 384 g/mol. The van der Waals surface area contributed by atoms with Crippen LogP contribution in [0.25, 0.3) is 0 Å². The van der Waals surface area contributed by atoms with E-state index in [4.69, 9.17) is 0 Å². The molecule has 0 bridgehead atoms. The van der Waals surface area contributed by atoms with E-state index in [0.717, 1.165) is 76.7 Å². The summed E-state index contributed by atoms with van der Waals surface area (Å²) in [5, 5.41) is 7.94. The second-order valence-electron chi connectivity index (χ2n) is 8.07. The molecule has 1 amide bonds. The number of amides is 1. The number of nitrogens with zero attached hydrogens (tertiary/aromatic N) is 4. The van der Waals surface area contributed by atoms with Gasteiger partial charge in [0, 0.05) is 70.1 Å². The van der Waals surface area contributed by atoms with E-state index in [0.29, 0.717) is 11.8 Å². The fraction of sp³-hybridized carbons (Fsp3) is 0.762. The van der Waals surface area contributed by atoms with Gasteiger partial charge >= 0.3 is 0 Å². The van der Waals surface area contributed by atoms with Crippen molar-refractivity contribution in [3.05, 3.63) is 15.6 Å². The molecule has 0 unspecified atom stereocenters. The van der Waals surface area contributed by atoms with E-state index >= 15 is 0 Å². The third-order valence-corrected chi connectivity index (χ3v) is 7.17. The summed E-state index contributed by atoms with van der Waals surface area (Å²) in [5.41, 5.74) is 1.14. The molecule has 0 aromatic carbocycles. The van der Waals surface area contributed by atoms with Gasteiger partial charge in [0.05, 0.1) is 10.7 Å². The van der Waals surface area contributed by atoms with Crippen molar-refractivity contribution in [2.45, 2.75) is 46.0 Å². The SMILES string of the molecule is CN=C(NCCc1nc(C)c(C)s1)NCCN1CCN(C(=O)C2CCCC2)CC1. The highest BCUT2D eigenvalue weighted by atomic mass is 32.1. The van der Waals surface area contributed by atoms with Gasteiger partial charge in [-0.3, -0.25) is 14.7 Å². The Bertz CT molecular complexity index is 670. The minimum Gasteiger partial charge on any atom is -0.356 e. The number of carbonyl (C=O) groups excluding carboxylic acids is 1. The van der Waals surface area contributed by atoms with Gasteiger partial charge in [-0.05, 0) is 26.7 Å². The lowest BCUT2D eigenvalue weighted by Crippen LogP contribution is -2.52. The molecule has 1 aliphatic carbocycles. The van der Waals surface area contributed by atoms with Gasteiger partial charge in [0.1, 0.15) is 0 Å². The lowest BCUT2D eigenvalue weighted by molar-refractivity contribution is -0.137. The Morgan fingerprint density at radius 1 is 1.14 bits per heavy atom. The third kappa shape index (κ3) is 6.40. The number of aryl methyl sites for hydroxylation is 2. The molecule has 0 spiro atoms. The van der Waals surface area contributed by atoms with Gasteiger partial charge in [-0.15, -0.1) is 11.3 Å². The number of piperazine rings is 1. The Labute approximate surface area is 179 Å². The van der Waals surface area contributed by atoms with Crippen LogP contribution in [0.4, 0.5) is 0 Å². The summed E-state index contributed by atoms with van der Waals surface area (Å²) in [4.78, 5) is 27.2. The van der Waals surface area contributed by atoms with Gasteiger partial charge in [-0.1, -0.05) is 12.8 Å². The molecule has 1 saturated heterocycles. The van der Waals surface area contributed by atoms with Gasteiger partial charge in [-0.2, -0.15) is 0 Å². The number of hydrogen-bond donors (Lipinski definition) is 2. The smallest absolute Gasteiger partial charge is 0.225 e. The number of hydrogen-bond acceptors (Lipinski definition) is 5. The topological polar surface area (TPSA) is 72.9 Å². The Hall–Kier alpha value is -1.67. The molecule has 2 aliphatic rings. The van der Waals surface area contributed by atoms with Crippen molar-refractivity contribution in [1.82, 2.24) is 25.4 Å². The molecule has 162 valence electrons. The Kier molecular flexibility index (Phi) is 8.29. The highest BCUT2D eigenvalue weighted by Crippen LogP contribution is 2.26. The van der Waals surface area contributed by atoms with Gasteiger partial charge in [0.25, 0.3) is 0 Å². The van der Waals surface area contributed by atoms with Crippen LogP contribution < -0.4 is 10.6 Å². The van der Waals surface area contributed by atoms with Crippen molar-refractivity contribution in [3.8, 4) is 0 Å². The molecule has 2 N–H and O–H groups in total. The summed E-state index contributed by atoms with van der Waals surface area (Å²) < 4.78 is 0. The summed E-state index contributed by atoms with van der Waals surface area (Å²) in [7, 11) is 1.81. The fourth-order valence-corrected chi connectivity index (χ4v) is 5.04. The third-order valence-electron chi connectivity index (χ3n) is 6.04. The van der Waals surface area contributed by atoms with E-state index in [2.05, 4.69) is 44.3 Å². The molecule has 0 atom stereocenters.